The summed E-state index contributed by atoms with van der Waals surface area (Å²) in [6.07, 6.45) is 2.63. The summed E-state index contributed by atoms with van der Waals surface area (Å²) >= 11 is 0. The SMILES string of the molecule is CCOC(=O)C1CCCCN1S(=O)(=O)CCCOC. The van der Waals surface area contributed by atoms with Crippen LogP contribution in [0.15, 0.2) is 0 Å². The molecule has 7 heteroatoms. The number of carbonyl (C=O) groups is 1. The number of rotatable bonds is 7. The van der Waals surface area contributed by atoms with Crippen molar-refractivity contribution < 1.29 is 22.7 Å². The van der Waals surface area contributed by atoms with Gasteiger partial charge in [0.05, 0.1) is 12.4 Å². The minimum absolute atomic E-state index is 0.0107. The van der Waals surface area contributed by atoms with Crippen molar-refractivity contribution in [1.82, 2.24) is 4.31 Å². The van der Waals surface area contributed by atoms with E-state index in [-0.39, 0.29) is 12.4 Å². The van der Waals surface area contributed by atoms with Crippen molar-refractivity contribution in [2.24, 2.45) is 0 Å². The van der Waals surface area contributed by atoms with Crippen molar-refractivity contribution in [2.75, 3.05) is 32.6 Å². The molecule has 0 aromatic rings. The molecule has 1 aliphatic heterocycles. The van der Waals surface area contributed by atoms with E-state index in [1.165, 1.54) is 11.4 Å². The molecule has 1 rings (SSSR count). The number of carbonyl (C=O) groups excluding carboxylic acids is 1. The fourth-order valence-electron chi connectivity index (χ4n) is 2.21. The molecule has 19 heavy (non-hydrogen) atoms. The van der Waals surface area contributed by atoms with E-state index in [1.54, 1.807) is 6.92 Å². The molecule has 0 bridgehead atoms. The summed E-state index contributed by atoms with van der Waals surface area (Å²) in [5, 5.41) is 0. The quantitative estimate of drug-likeness (QED) is 0.512. The van der Waals surface area contributed by atoms with E-state index in [2.05, 4.69) is 0 Å². The third kappa shape index (κ3) is 4.74. The lowest BCUT2D eigenvalue weighted by atomic mass is 10.1. The molecule has 112 valence electrons. The van der Waals surface area contributed by atoms with Gasteiger partial charge < -0.3 is 9.47 Å². The van der Waals surface area contributed by atoms with Crippen LogP contribution in [0, 0.1) is 0 Å². The Bertz CT molecular complexity index is 382. The molecule has 0 aliphatic carbocycles. The molecule has 6 nitrogen and oxygen atoms in total. The van der Waals surface area contributed by atoms with Crippen LogP contribution in [0.25, 0.3) is 0 Å². The Kier molecular flexibility index (Phi) is 6.74. The average Bonchev–Trinajstić information content (AvgIpc) is 2.39. The lowest BCUT2D eigenvalue weighted by Gasteiger charge is -2.32. The first kappa shape index (κ1) is 16.4. The predicted molar refractivity (Wildman–Crippen MR) is 71.3 cm³/mol. The highest BCUT2D eigenvalue weighted by molar-refractivity contribution is 7.89. The predicted octanol–water partition coefficient (Wildman–Crippen LogP) is 0.770. The third-order valence-corrected chi connectivity index (χ3v) is 5.08. The van der Waals surface area contributed by atoms with Crippen LogP contribution >= 0.6 is 0 Å². The summed E-state index contributed by atoms with van der Waals surface area (Å²) in [4.78, 5) is 11.8. The number of methoxy groups -OCH3 is 1. The molecule has 1 saturated heterocycles. The fourth-order valence-corrected chi connectivity index (χ4v) is 3.92. The summed E-state index contributed by atoms with van der Waals surface area (Å²) in [6, 6.07) is -0.652. The van der Waals surface area contributed by atoms with E-state index < -0.39 is 22.0 Å². The third-order valence-electron chi connectivity index (χ3n) is 3.12. The molecule has 0 aromatic carbocycles. The normalized spacial score (nSPS) is 21.3. The second-order valence-electron chi connectivity index (χ2n) is 4.54. The molecule has 1 atom stereocenters. The van der Waals surface area contributed by atoms with Gasteiger partial charge in [0.2, 0.25) is 10.0 Å². The van der Waals surface area contributed by atoms with Gasteiger partial charge in [-0.3, -0.25) is 4.79 Å². The Hall–Kier alpha value is -0.660. The number of nitrogens with zero attached hydrogens (tertiary/aromatic N) is 1. The van der Waals surface area contributed by atoms with Crippen LogP contribution in [0.1, 0.15) is 32.6 Å². The highest BCUT2D eigenvalue weighted by atomic mass is 32.2. The molecule has 0 amide bonds. The van der Waals surface area contributed by atoms with Gasteiger partial charge in [0.15, 0.2) is 0 Å². The lowest BCUT2D eigenvalue weighted by molar-refractivity contribution is -0.148. The van der Waals surface area contributed by atoms with Crippen molar-refractivity contribution >= 4 is 16.0 Å². The smallest absolute Gasteiger partial charge is 0.324 e. The molecule has 1 unspecified atom stereocenters. The van der Waals surface area contributed by atoms with Crippen molar-refractivity contribution in [3.05, 3.63) is 0 Å². The highest BCUT2D eigenvalue weighted by Gasteiger charge is 2.37. The monoisotopic (exact) mass is 293 g/mol. The Morgan fingerprint density at radius 1 is 1.37 bits per heavy atom. The zero-order valence-electron chi connectivity index (χ0n) is 11.6. The second-order valence-corrected chi connectivity index (χ2v) is 6.58. The van der Waals surface area contributed by atoms with Gasteiger partial charge in [-0.2, -0.15) is 4.31 Å². The molecule has 1 fully saturated rings. The maximum absolute atomic E-state index is 12.2. The molecule has 0 saturated carbocycles. The molecule has 1 heterocycles. The summed E-state index contributed by atoms with van der Waals surface area (Å²) in [5.74, 6) is -0.422. The number of hydrogen-bond acceptors (Lipinski definition) is 5. The van der Waals surface area contributed by atoms with E-state index in [9.17, 15) is 13.2 Å². The first-order valence-corrected chi connectivity index (χ1v) is 8.29. The van der Waals surface area contributed by atoms with Gasteiger partial charge >= 0.3 is 5.97 Å². The maximum atomic E-state index is 12.2. The van der Waals surface area contributed by atoms with Crippen LogP contribution in [-0.2, 0) is 24.3 Å². The molecular weight excluding hydrogens is 270 g/mol. The van der Waals surface area contributed by atoms with E-state index >= 15 is 0 Å². The Labute approximate surface area is 115 Å². The summed E-state index contributed by atoms with van der Waals surface area (Å²) < 4.78 is 35.6. The number of piperidine rings is 1. The maximum Gasteiger partial charge on any atom is 0.324 e. The molecule has 0 aromatic heterocycles. The van der Waals surface area contributed by atoms with Crippen LogP contribution < -0.4 is 0 Å². The van der Waals surface area contributed by atoms with Crippen molar-refractivity contribution in [3.8, 4) is 0 Å². The van der Waals surface area contributed by atoms with Gasteiger partial charge in [-0.25, -0.2) is 8.42 Å². The zero-order valence-corrected chi connectivity index (χ0v) is 12.4. The van der Waals surface area contributed by atoms with Gasteiger partial charge in [0.25, 0.3) is 0 Å². The van der Waals surface area contributed by atoms with E-state index in [0.29, 0.717) is 26.0 Å². The highest BCUT2D eigenvalue weighted by Crippen LogP contribution is 2.22. The average molecular weight is 293 g/mol. The van der Waals surface area contributed by atoms with Gasteiger partial charge in [0.1, 0.15) is 6.04 Å². The summed E-state index contributed by atoms with van der Waals surface area (Å²) in [6.45, 7) is 2.79. The molecule has 0 N–H and O–H groups in total. The standard InChI is InChI=1S/C12H23NO5S/c1-3-18-12(14)11-7-4-5-8-13(11)19(15,16)10-6-9-17-2/h11H,3-10H2,1-2H3. The van der Waals surface area contributed by atoms with Crippen LogP contribution in [-0.4, -0.2) is 57.4 Å². The number of sulfonamides is 1. The molecule has 1 aliphatic rings. The minimum Gasteiger partial charge on any atom is -0.465 e. The number of esters is 1. The van der Waals surface area contributed by atoms with Crippen LogP contribution in [0.3, 0.4) is 0 Å². The van der Waals surface area contributed by atoms with Crippen LogP contribution in [0.4, 0.5) is 0 Å². The lowest BCUT2D eigenvalue weighted by Crippen LogP contribution is -2.49. The van der Waals surface area contributed by atoms with Gasteiger partial charge in [-0.05, 0) is 32.6 Å². The Morgan fingerprint density at radius 2 is 2.11 bits per heavy atom. The zero-order chi connectivity index (χ0) is 14.3. The van der Waals surface area contributed by atoms with Gasteiger partial charge in [-0.1, -0.05) is 0 Å². The van der Waals surface area contributed by atoms with Gasteiger partial charge in [-0.15, -0.1) is 0 Å². The van der Waals surface area contributed by atoms with E-state index in [4.69, 9.17) is 9.47 Å². The molecule has 0 spiro atoms. The van der Waals surface area contributed by atoms with Crippen molar-refractivity contribution in [2.45, 2.75) is 38.6 Å². The molecular formula is C12H23NO5S. The molecule has 0 radical (unpaired) electrons. The van der Waals surface area contributed by atoms with Crippen molar-refractivity contribution in [3.63, 3.8) is 0 Å². The first-order chi connectivity index (χ1) is 9.03. The Morgan fingerprint density at radius 3 is 2.74 bits per heavy atom. The van der Waals surface area contributed by atoms with Crippen LogP contribution in [0.2, 0.25) is 0 Å². The number of hydrogen-bond donors (Lipinski definition) is 0. The largest absolute Gasteiger partial charge is 0.465 e. The topological polar surface area (TPSA) is 72.9 Å². The Balaban J connectivity index is 2.72. The fraction of sp³-hybridized carbons (Fsp3) is 0.917. The summed E-state index contributed by atoms with van der Waals surface area (Å²) in [7, 11) is -1.88. The van der Waals surface area contributed by atoms with Crippen molar-refractivity contribution in [1.29, 1.82) is 0 Å². The number of ether oxygens (including phenoxy) is 2. The van der Waals surface area contributed by atoms with E-state index in [0.717, 1.165) is 12.8 Å². The van der Waals surface area contributed by atoms with E-state index in [1.807, 2.05) is 0 Å². The summed E-state index contributed by atoms with van der Waals surface area (Å²) in [5.41, 5.74) is 0. The second kappa shape index (κ2) is 7.81. The first-order valence-electron chi connectivity index (χ1n) is 6.68. The van der Waals surface area contributed by atoms with Gasteiger partial charge in [0, 0.05) is 20.3 Å². The van der Waals surface area contributed by atoms with Crippen LogP contribution in [0.5, 0.6) is 0 Å². The minimum atomic E-state index is -3.42.